The summed E-state index contributed by atoms with van der Waals surface area (Å²) in [6, 6.07) is 1.18. The van der Waals surface area contributed by atoms with E-state index in [-0.39, 0.29) is 11.9 Å². The van der Waals surface area contributed by atoms with Gasteiger partial charge in [-0.1, -0.05) is 0 Å². The van der Waals surface area contributed by atoms with E-state index in [9.17, 15) is 13.6 Å². The van der Waals surface area contributed by atoms with Crippen molar-refractivity contribution in [2.45, 2.75) is 32.8 Å². The lowest BCUT2D eigenvalue weighted by Gasteiger charge is -2.19. The van der Waals surface area contributed by atoms with Crippen molar-refractivity contribution in [3.05, 3.63) is 29.5 Å². The fraction of sp³-hybridized carbons (Fsp3) is 0.438. The summed E-state index contributed by atoms with van der Waals surface area (Å²) in [5, 5.41) is 2.86. The summed E-state index contributed by atoms with van der Waals surface area (Å²) in [6.45, 7) is 5.56. The van der Waals surface area contributed by atoms with Gasteiger partial charge < -0.3 is 19.8 Å². The first-order valence-electron chi connectivity index (χ1n) is 7.21. The number of alkyl carbamates (subject to hydrolysis) is 1. The van der Waals surface area contributed by atoms with Crippen molar-refractivity contribution >= 4 is 17.0 Å². The number of aromatic nitrogens is 1. The monoisotopic (exact) mass is 326 g/mol. The number of ether oxygens (including phenoxy) is 2. The highest BCUT2D eigenvalue weighted by molar-refractivity contribution is 5.85. The van der Waals surface area contributed by atoms with Crippen LogP contribution in [0.25, 0.3) is 10.9 Å². The number of nitrogens with one attached hydrogen (secondary N) is 2. The molecule has 0 radical (unpaired) electrons. The largest absolute Gasteiger partial charge is 0.491 e. The molecule has 0 aliphatic rings. The zero-order chi connectivity index (χ0) is 17.2. The molecule has 0 spiro atoms. The molecule has 0 bridgehead atoms. The first-order valence-corrected chi connectivity index (χ1v) is 7.21. The maximum atomic E-state index is 14.3. The Morgan fingerprint density at radius 3 is 2.65 bits per heavy atom. The number of aromatic amines is 1. The molecule has 2 N–H and O–H groups in total. The third-order valence-electron chi connectivity index (χ3n) is 3.17. The fourth-order valence-corrected chi connectivity index (χ4v) is 2.26. The molecule has 1 aromatic carbocycles. The minimum absolute atomic E-state index is 0.259. The van der Waals surface area contributed by atoms with Crippen LogP contribution < -0.4 is 10.1 Å². The van der Waals surface area contributed by atoms with E-state index in [2.05, 4.69) is 10.3 Å². The molecule has 2 rings (SSSR count). The third kappa shape index (κ3) is 3.91. The number of H-pyrrole nitrogens is 1. The Hall–Kier alpha value is -2.31. The predicted octanol–water partition coefficient (Wildman–Crippen LogP) is 3.52. The van der Waals surface area contributed by atoms with Crippen molar-refractivity contribution < 1.29 is 23.0 Å². The molecule has 0 unspecified atom stereocenters. The van der Waals surface area contributed by atoms with Gasteiger partial charge in [-0.25, -0.2) is 13.6 Å². The maximum absolute atomic E-state index is 14.3. The summed E-state index contributed by atoms with van der Waals surface area (Å²) in [6.07, 6.45) is 1.41. The quantitative estimate of drug-likeness (QED) is 0.903. The van der Waals surface area contributed by atoms with Gasteiger partial charge in [-0.3, -0.25) is 0 Å². The second kappa shape index (κ2) is 6.44. The minimum atomic E-state index is -0.766. The van der Waals surface area contributed by atoms with Crippen molar-refractivity contribution in [3.63, 3.8) is 0 Å². The van der Waals surface area contributed by atoms with Gasteiger partial charge in [0.2, 0.25) is 0 Å². The van der Waals surface area contributed by atoms with Crippen molar-refractivity contribution in [2.24, 2.45) is 0 Å². The fourth-order valence-electron chi connectivity index (χ4n) is 2.26. The van der Waals surface area contributed by atoms with Gasteiger partial charge >= 0.3 is 6.09 Å². The van der Waals surface area contributed by atoms with Gasteiger partial charge in [-0.05, 0) is 32.8 Å². The third-order valence-corrected chi connectivity index (χ3v) is 3.17. The van der Waals surface area contributed by atoms with Crippen LogP contribution in [0.3, 0.4) is 0 Å². The van der Waals surface area contributed by atoms with E-state index in [1.54, 1.807) is 27.0 Å². The molecular formula is C16H20F2N2O3. The highest BCUT2D eigenvalue weighted by Gasteiger charge is 2.19. The first-order chi connectivity index (χ1) is 10.7. The number of carbonyl (C=O) groups excluding carboxylic acids is 1. The van der Waals surface area contributed by atoms with Crippen LogP contribution in [-0.2, 0) is 11.2 Å². The lowest BCUT2D eigenvalue weighted by atomic mass is 10.1. The minimum Gasteiger partial charge on any atom is -0.491 e. The Morgan fingerprint density at radius 1 is 1.35 bits per heavy atom. The molecule has 0 saturated heterocycles. The first kappa shape index (κ1) is 17.1. The molecule has 23 heavy (non-hydrogen) atoms. The van der Waals surface area contributed by atoms with Crippen molar-refractivity contribution in [1.29, 1.82) is 0 Å². The Kier molecular flexibility index (Phi) is 4.77. The molecule has 7 heteroatoms. The molecule has 126 valence electrons. The van der Waals surface area contributed by atoms with Gasteiger partial charge in [0.15, 0.2) is 17.4 Å². The number of halogens is 2. The lowest BCUT2D eigenvalue weighted by molar-refractivity contribution is 0.0528. The average molecular weight is 326 g/mol. The summed E-state index contributed by atoms with van der Waals surface area (Å²) in [4.78, 5) is 14.4. The van der Waals surface area contributed by atoms with Gasteiger partial charge in [-0.15, -0.1) is 0 Å². The van der Waals surface area contributed by atoms with E-state index >= 15 is 0 Å². The topological polar surface area (TPSA) is 63.3 Å². The van der Waals surface area contributed by atoms with Gasteiger partial charge in [0, 0.05) is 24.2 Å². The van der Waals surface area contributed by atoms with E-state index in [1.165, 1.54) is 13.2 Å². The van der Waals surface area contributed by atoms with Crippen LogP contribution in [-0.4, -0.2) is 30.3 Å². The Balaban J connectivity index is 2.11. The smallest absolute Gasteiger partial charge is 0.407 e. The molecule has 0 saturated carbocycles. The summed E-state index contributed by atoms with van der Waals surface area (Å²) < 4.78 is 37.9. The number of methoxy groups -OCH3 is 1. The summed E-state index contributed by atoms with van der Waals surface area (Å²) in [5.41, 5.74) is 0.377. The van der Waals surface area contributed by atoms with Crippen LogP contribution in [0.15, 0.2) is 12.3 Å². The Morgan fingerprint density at radius 2 is 2.04 bits per heavy atom. The van der Waals surface area contributed by atoms with Crippen LogP contribution in [0.4, 0.5) is 13.6 Å². The molecule has 0 fully saturated rings. The van der Waals surface area contributed by atoms with E-state index in [0.29, 0.717) is 17.5 Å². The van der Waals surface area contributed by atoms with Gasteiger partial charge in [0.25, 0.3) is 0 Å². The molecular weight excluding hydrogens is 306 g/mol. The van der Waals surface area contributed by atoms with E-state index in [1.807, 2.05) is 0 Å². The molecule has 0 atom stereocenters. The second-order valence-corrected chi connectivity index (χ2v) is 6.12. The maximum Gasteiger partial charge on any atom is 0.407 e. The SMILES string of the molecule is COc1c(F)cc2[nH]cc(CCNC(=O)OC(C)(C)C)c2c1F. The number of fused-ring (bicyclic) bond motifs is 1. The van der Waals surface area contributed by atoms with Crippen LogP contribution >= 0.6 is 0 Å². The van der Waals surface area contributed by atoms with E-state index in [4.69, 9.17) is 9.47 Å². The number of benzene rings is 1. The molecule has 0 aliphatic heterocycles. The Bertz CT molecular complexity index is 720. The molecule has 2 aromatic rings. The number of hydrogen-bond acceptors (Lipinski definition) is 3. The van der Waals surface area contributed by atoms with Gasteiger partial charge in [0.05, 0.1) is 12.6 Å². The number of carbonyl (C=O) groups is 1. The van der Waals surface area contributed by atoms with Crippen LogP contribution in [0.1, 0.15) is 26.3 Å². The van der Waals surface area contributed by atoms with Gasteiger partial charge in [0.1, 0.15) is 5.60 Å². The van der Waals surface area contributed by atoms with E-state index in [0.717, 1.165) is 0 Å². The zero-order valence-electron chi connectivity index (χ0n) is 13.5. The molecule has 1 amide bonds. The molecule has 1 heterocycles. The predicted molar refractivity (Wildman–Crippen MR) is 82.7 cm³/mol. The van der Waals surface area contributed by atoms with Gasteiger partial charge in [-0.2, -0.15) is 0 Å². The lowest BCUT2D eigenvalue weighted by Crippen LogP contribution is -2.33. The molecule has 0 aliphatic carbocycles. The van der Waals surface area contributed by atoms with E-state index < -0.39 is 29.1 Å². The standard InChI is InChI=1S/C16H20F2N2O3/c1-16(2,3)23-15(21)19-6-5-9-8-20-11-7-10(17)14(22-4)13(18)12(9)11/h7-8,20H,5-6H2,1-4H3,(H,19,21). The average Bonchev–Trinajstić information content (AvgIpc) is 2.80. The summed E-state index contributed by atoms with van der Waals surface area (Å²) >= 11 is 0. The van der Waals surface area contributed by atoms with Crippen LogP contribution in [0.2, 0.25) is 0 Å². The molecule has 1 aromatic heterocycles. The van der Waals surface area contributed by atoms with Crippen molar-refractivity contribution in [1.82, 2.24) is 10.3 Å². The summed E-state index contributed by atoms with van der Waals surface area (Å²) in [5.74, 6) is -1.94. The van der Waals surface area contributed by atoms with Crippen molar-refractivity contribution in [3.8, 4) is 5.75 Å². The normalized spacial score (nSPS) is 11.6. The number of rotatable bonds is 4. The van der Waals surface area contributed by atoms with Crippen molar-refractivity contribution in [2.75, 3.05) is 13.7 Å². The van der Waals surface area contributed by atoms with Crippen LogP contribution in [0, 0.1) is 11.6 Å². The number of amides is 1. The Labute approximate surface area is 133 Å². The number of hydrogen-bond donors (Lipinski definition) is 2. The summed E-state index contributed by atoms with van der Waals surface area (Å²) in [7, 11) is 1.21. The highest BCUT2D eigenvalue weighted by Crippen LogP contribution is 2.31. The zero-order valence-corrected chi connectivity index (χ0v) is 13.5. The second-order valence-electron chi connectivity index (χ2n) is 6.12. The molecule has 5 nitrogen and oxygen atoms in total. The van der Waals surface area contributed by atoms with Crippen LogP contribution in [0.5, 0.6) is 5.75 Å². The highest BCUT2D eigenvalue weighted by atomic mass is 19.1.